The second-order valence-electron chi connectivity index (χ2n) is 3.45. The van der Waals surface area contributed by atoms with Gasteiger partial charge in [-0.3, -0.25) is 0 Å². The number of hydrogen-bond donors (Lipinski definition) is 1. The molecule has 1 aromatic rings. The van der Waals surface area contributed by atoms with Crippen LogP contribution in [0.4, 0.5) is 0 Å². The maximum atomic E-state index is 5.11. The minimum atomic E-state index is 0. The Balaban J connectivity index is 0.000000980. The maximum Gasteiger partial charge on any atom is 0.159 e. The van der Waals surface area contributed by atoms with Crippen molar-refractivity contribution in [2.45, 2.75) is 19.8 Å². The smallest absolute Gasteiger partial charge is 0.159 e. The third kappa shape index (κ3) is 2.86. The highest BCUT2D eigenvalue weighted by atomic mass is 35.5. The van der Waals surface area contributed by atoms with Crippen molar-refractivity contribution in [1.82, 2.24) is 10.5 Å². The van der Waals surface area contributed by atoms with Crippen LogP contribution in [0.25, 0.3) is 6.08 Å². The molecule has 1 aliphatic rings. The third-order valence-corrected chi connectivity index (χ3v) is 2.20. The van der Waals surface area contributed by atoms with E-state index in [4.69, 9.17) is 4.52 Å². The standard InChI is InChI=1S/C10H14N2O.ClH/c1-8-5-10(13-12-8)6-9-3-2-4-11-7-9;/h5-6,11H,2-4,7H2,1H3;1H/b9-6-;. The van der Waals surface area contributed by atoms with E-state index in [9.17, 15) is 0 Å². The number of nitrogens with zero attached hydrogens (tertiary/aromatic N) is 1. The molecule has 14 heavy (non-hydrogen) atoms. The van der Waals surface area contributed by atoms with E-state index in [2.05, 4.69) is 16.5 Å². The minimum Gasteiger partial charge on any atom is -0.357 e. The van der Waals surface area contributed by atoms with E-state index in [1.165, 1.54) is 18.4 Å². The molecule has 0 atom stereocenters. The number of piperidine rings is 1. The molecule has 2 rings (SSSR count). The molecule has 0 aromatic carbocycles. The maximum absolute atomic E-state index is 5.11. The van der Waals surface area contributed by atoms with Crippen LogP contribution in [-0.4, -0.2) is 18.2 Å². The largest absolute Gasteiger partial charge is 0.357 e. The number of hydrogen-bond acceptors (Lipinski definition) is 3. The zero-order valence-electron chi connectivity index (χ0n) is 8.25. The summed E-state index contributed by atoms with van der Waals surface area (Å²) in [4.78, 5) is 0. The summed E-state index contributed by atoms with van der Waals surface area (Å²) >= 11 is 0. The number of halogens is 1. The predicted octanol–water partition coefficient (Wildman–Crippen LogP) is 2.17. The van der Waals surface area contributed by atoms with Gasteiger partial charge in [-0.05, 0) is 32.4 Å². The fraction of sp³-hybridized carbons (Fsp3) is 0.500. The van der Waals surface area contributed by atoms with Gasteiger partial charge in [0.25, 0.3) is 0 Å². The SMILES string of the molecule is Cc1cc(/C=C2/CCCNC2)on1.Cl. The van der Waals surface area contributed by atoms with Crippen molar-refractivity contribution in [2.75, 3.05) is 13.1 Å². The van der Waals surface area contributed by atoms with Crippen molar-refractivity contribution in [1.29, 1.82) is 0 Å². The molecular weight excluding hydrogens is 200 g/mol. The first-order valence-corrected chi connectivity index (χ1v) is 4.68. The summed E-state index contributed by atoms with van der Waals surface area (Å²) in [6.45, 7) is 4.05. The quantitative estimate of drug-likeness (QED) is 0.779. The van der Waals surface area contributed by atoms with Crippen LogP contribution in [0.2, 0.25) is 0 Å². The van der Waals surface area contributed by atoms with Crippen molar-refractivity contribution >= 4 is 18.5 Å². The summed E-state index contributed by atoms with van der Waals surface area (Å²) in [5, 5.41) is 7.17. The van der Waals surface area contributed by atoms with Crippen LogP contribution in [-0.2, 0) is 0 Å². The molecule has 1 aliphatic heterocycles. The van der Waals surface area contributed by atoms with Crippen molar-refractivity contribution in [3.8, 4) is 0 Å². The van der Waals surface area contributed by atoms with E-state index in [-0.39, 0.29) is 12.4 Å². The van der Waals surface area contributed by atoms with Crippen molar-refractivity contribution in [2.24, 2.45) is 0 Å². The number of rotatable bonds is 1. The van der Waals surface area contributed by atoms with E-state index in [0.717, 1.165) is 24.5 Å². The zero-order chi connectivity index (χ0) is 9.10. The average molecular weight is 215 g/mol. The number of nitrogens with one attached hydrogen (secondary N) is 1. The van der Waals surface area contributed by atoms with Crippen molar-refractivity contribution < 1.29 is 4.52 Å². The monoisotopic (exact) mass is 214 g/mol. The van der Waals surface area contributed by atoms with Crippen LogP contribution in [0.15, 0.2) is 16.2 Å². The summed E-state index contributed by atoms with van der Waals surface area (Å²) in [7, 11) is 0. The van der Waals surface area contributed by atoms with E-state index in [0.29, 0.717) is 0 Å². The normalized spacial score (nSPS) is 19.4. The molecule has 2 heterocycles. The van der Waals surface area contributed by atoms with Gasteiger partial charge in [-0.25, -0.2) is 0 Å². The van der Waals surface area contributed by atoms with E-state index in [1.807, 2.05) is 13.0 Å². The van der Waals surface area contributed by atoms with Crippen LogP contribution in [0.1, 0.15) is 24.3 Å². The summed E-state index contributed by atoms with van der Waals surface area (Å²) in [5.41, 5.74) is 2.35. The van der Waals surface area contributed by atoms with Crippen LogP contribution in [0.5, 0.6) is 0 Å². The lowest BCUT2D eigenvalue weighted by Crippen LogP contribution is -2.23. The fourth-order valence-corrected chi connectivity index (χ4v) is 1.55. The highest BCUT2D eigenvalue weighted by Crippen LogP contribution is 2.14. The van der Waals surface area contributed by atoms with Gasteiger partial charge in [0.1, 0.15) is 0 Å². The Bertz CT molecular complexity index is 312. The zero-order valence-corrected chi connectivity index (χ0v) is 9.06. The van der Waals surface area contributed by atoms with Gasteiger partial charge in [0.15, 0.2) is 5.76 Å². The molecule has 0 radical (unpaired) electrons. The Morgan fingerprint density at radius 3 is 3.00 bits per heavy atom. The third-order valence-electron chi connectivity index (χ3n) is 2.20. The first-order valence-electron chi connectivity index (χ1n) is 4.68. The molecule has 0 amide bonds. The van der Waals surface area contributed by atoms with Crippen LogP contribution in [0.3, 0.4) is 0 Å². The molecule has 0 bridgehead atoms. The minimum absolute atomic E-state index is 0. The molecule has 0 saturated carbocycles. The summed E-state index contributed by atoms with van der Waals surface area (Å²) in [6.07, 6.45) is 4.48. The molecule has 1 saturated heterocycles. The lowest BCUT2D eigenvalue weighted by molar-refractivity contribution is 0.407. The molecule has 4 heteroatoms. The topological polar surface area (TPSA) is 38.1 Å². The lowest BCUT2D eigenvalue weighted by atomic mass is 10.1. The van der Waals surface area contributed by atoms with Gasteiger partial charge < -0.3 is 9.84 Å². The van der Waals surface area contributed by atoms with Crippen molar-refractivity contribution in [3.63, 3.8) is 0 Å². The highest BCUT2D eigenvalue weighted by Gasteiger charge is 2.05. The van der Waals surface area contributed by atoms with Crippen LogP contribution >= 0.6 is 12.4 Å². The molecule has 0 unspecified atom stereocenters. The van der Waals surface area contributed by atoms with Gasteiger partial charge in [-0.15, -0.1) is 12.4 Å². The molecule has 1 fully saturated rings. The first-order chi connectivity index (χ1) is 6.34. The number of aromatic nitrogens is 1. The van der Waals surface area contributed by atoms with Gasteiger partial charge in [-0.1, -0.05) is 10.7 Å². The van der Waals surface area contributed by atoms with Gasteiger partial charge >= 0.3 is 0 Å². The van der Waals surface area contributed by atoms with Crippen LogP contribution in [0, 0.1) is 6.92 Å². The van der Waals surface area contributed by atoms with Gasteiger partial charge in [0.05, 0.1) is 5.69 Å². The Kier molecular flexibility index (Phi) is 4.17. The average Bonchev–Trinajstić information content (AvgIpc) is 2.53. The Labute approximate surface area is 90.0 Å². The Morgan fingerprint density at radius 2 is 2.43 bits per heavy atom. The summed E-state index contributed by atoms with van der Waals surface area (Å²) < 4.78 is 5.11. The molecule has 1 N–H and O–H groups in total. The molecule has 0 spiro atoms. The molecule has 3 nitrogen and oxygen atoms in total. The van der Waals surface area contributed by atoms with E-state index in [1.54, 1.807) is 0 Å². The van der Waals surface area contributed by atoms with Gasteiger partial charge in [-0.2, -0.15) is 0 Å². The lowest BCUT2D eigenvalue weighted by Gasteiger charge is -2.14. The molecule has 78 valence electrons. The van der Waals surface area contributed by atoms with E-state index >= 15 is 0 Å². The van der Waals surface area contributed by atoms with Gasteiger partial charge in [0, 0.05) is 12.6 Å². The second-order valence-corrected chi connectivity index (χ2v) is 3.45. The van der Waals surface area contributed by atoms with Crippen molar-refractivity contribution in [3.05, 3.63) is 23.1 Å². The fourth-order valence-electron chi connectivity index (χ4n) is 1.55. The van der Waals surface area contributed by atoms with Crippen LogP contribution < -0.4 is 5.32 Å². The Morgan fingerprint density at radius 1 is 1.57 bits per heavy atom. The van der Waals surface area contributed by atoms with E-state index < -0.39 is 0 Å². The second kappa shape index (κ2) is 5.17. The molecular formula is C10H15ClN2O. The predicted molar refractivity (Wildman–Crippen MR) is 58.6 cm³/mol. The molecule has 1 aromatic heterocycles. The summed E-state index contributed by atoms with van der Waals surface area (Å²) in [6, 6.07) is 1.96. The Hall–Kier alpha value is -0.800. The highest BCUT2D eigenvalue weighted by molar-refractivity contribution is 5.85. The first kappa shape index (κ1) is 11.3. The number of aryl methyl sites for hydroxylation is 1. The molecule has 0 aliphatic carbocycles. The van der Waals surface area contributed by atoms with Gasteiger partial charge in [0.2, 0.25) is 0 Å². The summed E-state index contributed by atoms with van der Waals surface area (Å²) in [5.74, 6) is 0.871.